The van der Waals surface area contributed by atoms with Gasteiger partial charge in [-0.1, -0.05) is 98.4 Å². The number of carbonyl (C=O) groups excluding carboxylic acids is 2. The first-order valence-corrected chi connectivity index (χ1v) is 19.3. The van der Waals surface area contributed by atoms with Crippen molar-refractivity contribution < 1.29 is 36.7 Å². The Labute approximate surface area is 324 Å². The van der Waals surface area contributed by atoms with Crippen molar-refractivity contribution >= 4 is 50.0 Å². The van der Waals surface area contributed by atoms with Crippen LogP contribution in [0.4, 0.5) is 17.6 Å². The van der Waals surface area contributed by atoms with Crippen molar-refractivity contribution in [2.75, 3.05) is 6.61 Å². The zero-order chi connectivity index (χ0) is 40.3. The maximum Gasteiger partial charge on any atom is 0.340 e. The van der Waals surface area contributed by atoms with Gasteiger partial charge in [0.25, 0.3) is 0 Å². The maximum absolute atomic E-state index is 14.7. The molecule has 0 saturated heterocycles. The summed E-state index contributed by atoms with van der Waals surface area (Å²) in [5.41, 5.74) is 6.82. The molecule has 5 aromatic rings. The number of alkyl halides is 4. The molecule has 0 spiro atoms. The van der Waals surface area contributed by atoms with Gasteiger partial charge >= 0.3 is 18.3 Å². The molecular formula is C46H48F4N2O4. The topological polar surface area (TPSA) is 69.9 Å². The van der Waals surface area contributed by atoms with Gasteiger partial charge in [0, 0.05) is 63.8 Å². The molecule has 294 valence electrons. The van der Waals surface area contributed by atoms with Crippen LogP contribution in [-0.2, 0) is 20.9 Å². The molecule has 0 N–H and O–H groups in total. The summed E-state index contributed by atoms with van der Waals surface area (Å²) < 4.78 is 62.0. The number of benzene rings is 4. The summed E-state index contributed by atoms with van der Waals surface area (Å²) in [6.07, 6.45) is 4.30. The SMILES string of the molecule is CCCCC(CC)Cn1c2ccc(/C(=N\OC(C)=O)C3=C(OCC(F)(F)C(F)F)CCC=C3)cc2c2cc(C(=O)c3c(C)cc(C)cc3C)c3ccccc3c21. The van der Waals surface area contributed by atoms with Crippen LogP contribution in [0, 0.1) is 26.7 Å². The van der Waals surface area contributed by atoms with E-state index in [-0.39, 0.29) is 29.2 Å². The first kappa shape index (κ1) is 40.4. The maximum atomic E-state index is 14.7. The Morgan fingerprint density at radius 2 is 1.64 bits per heavy atom. The summed E-state index contributed by atoms with van der Waals surface area (Å²) in [6, 6.07) is 19.7. The number of ketones is 1. The molecule has 1 aliphatic carbocycles. The molecule has 1 aromatic heterocycles. The minimum atomic E-state index is -4.37. The Kier molecular flexibility index (Phi) is 12.2. The fourth-order valence-corrected chi connectivity index (χ4v) is 7.95. The Balaban J connectivity index is 1.63. The van der Waals surface area contributed by atoms with Crippen LogP contribution < -0.4 is 0 Å². The molecule has 6 rings (SSSR count). The molecule has 0 bridgehead atoms. The lowest BCUT2D eigenvalue weighted by atomic mass is 9.89. The summed E-state index contributed by atoms with van der Waals surface area (Å²) in [7, 11) is 0. The Morgan fingerprint density at radius 1 is 0.929 bits per heavy atom. The van der Waals surface area contributed by atoms with Gasteiger partial charge in [0.1, 0.15) is 11.5 Å². The predicted octanol–water partition coefficient (Wildman–Crippen LogP) is 12.1. The molecule has 0 radical (unpaired) electrons. The number of ether oxygens (including phenoxy) is 1. The van der Waals surface area contributed by atoms with Gasteiger partial charge < -0.3 is 14.1 Å². The molecule has 10 heteroatoms. The average Bonchev–Trinajstić information content (AvgIpc) is 3.47. The molecule has 1 atom stereocenters. The number of fused-ring (bicyclic) bond motifs is 5. The smallest absolute Gasteiger partial charge is 0.340 e. The predicted molar refractivity (Wildman–Crippen MR) is 215 cm³/mol. The number of allylic oxidation sites excluding steroid dienone is 4. The van der Waals surface area contributed by atoms with Crippen LogP contribution in [0.2, 0.25) is 0 Å². The summed E-state index contributed by atoms with van der Waals surface area (Å²) in [4.78, 5) is 31.9. The van der Waals surface area contributed by atoms with E-state index in [2.05, 4.69) is 29.6 Å². The largest absolute Gasteiger partial charge is 0.491 e. The van der Waals surface area contributed by atoms with Crippen LogP contribution in [0.1, 0.15) is 97.5 Å². The van der Waals surface area contributed by atoms with Crippen LogP contribution in [0.15, 0.2) is 89.3 Å². The summed E-state index contributed by atoms with van der Waals surface area (Å²) in [5, 5.41) is 7.60. The summed E-state index contributed by atoms with van der Waals surface area (Å²) in [6.45, 7) is 10.7. The number of hydrogen-bond acceptors (Lipinski definition) is 5. The highest BCUT2D eigenvalue weighted by atomic mass is 19.3. The highest BCUT2D eigenvalue weighted by molar-refractivity contribution is 6.27. The van der Waals surface area contributed by atoms with Crippen LogP contribution >= 0.6 is 0 Å². The number of nitrogens with zero attached hydrogens (tertiary/aromatic N) is 2. The van der Waals surface area contributed by atoms with E-state index in [0.717, 1.165) is 81.5 Å². The van der Waals surface area contributed by atoms with E-state index in [1.54, 1.807) is 12.2 Å². The lowest BCUT2D eigenvalue weighted by molar-refractivity contribution is -0.158. The number of aryl methyl sites for hydroxylation is 3. The van der Waals surface area contributed by atoms with Crippen molar-refractivity contribution in [2.24, 2.45) is 11.1 Å². The second-order valence-corrected chi connectivity index (χ2v) is 14.9. The van der Waals surface area contributed by atoms with Crippen LogP contribution in [-0.4, -0.2) is 41.0 Å². The molecule has 0 amide bonds. The van der Waals surface area contributed by atoms with Crippen molar-refractivity contribution in [1.82, 2.24) is 4.57 Å². The standard InChI is InChI=1S/C46H48F4N2O4/c1-7-9-14-31(8-2)25-52-39-20-19-32(42(51-56-30(6)53)35-17-12-13-18-40(35)55-26-46(49,50)45(47)48)23-36(39)37-24-38(33-15-10-11-16-34(33)43(37)52)44(54)41-28(4)21-27(3)22-29(41)5/h10-12,15-17,19-24,31,45H,7-9,13-14,18,25-26H2,1-6H3/b51-42+. The van der Waals surface area contributed by atoms with Gasteiger partial charge in [0.2, 0.25) is 0 Å². The van der Waals surface area contributed by atoms with Gasteiger partial charge in [0.05, 0.1) is 5.52 Å². The van der Waals surface area contributed by atoms with Crippen molar-refractivity contribution in [2.45, 2.75) is 99.0 Å². The third-order valence-electron chi connectivity index (χ3n) is 10.7. The molecule has 1 unspecified atom stereocenters. The monoisotopic (exact) mass is 768 g/mol. The normalized spacial score (nSPS) is 14.4. The number of aromatic nitrogens is 1. The van der Waals surface area contributed by atoms with Crippen molar-refractivity contribution in [1.29, 1.82) is 0 Å². The average molecular weight is 769 g/mol. The molecule has 56 heavy (non-hydrogen) atoms. The van der Waals surface area contributed by atoms with Crippen LogP contribution in [0.25, 0.3) is 32.6 Å². The molecule has 1 aliphatic rings. The molecule has 4 aromatic carbocycles. The van der Waals surface area contributed by atoms with E-state index in [0.29, 0.717) is 29.0 Å². The number of rotatable bonds is 15. The van der Waals surface area contributed by atoms with E-state index in [4.69, 9.17) is 9.57 Å². The van der Waals surface area contributed by atoms with E-state index in [1.165, 1.54) is 6.92 Å². The minimum absolute atomic E-state index is 0.0330. The Bertz CT molecular complexity index is 2380. The highest BCUT2D eigenvalue weighted by Crippen LogP contribution is 2.40. The molecular weight excluding hydrogens is 721 g/mol. The third kappa shape index (κ3) is 8.15. The van der Waals surface area contributed by atoms with Crippen molar-refractivity contribution in [3.63, 3.8) is 0 Å². The highest BCUT2D eigenvalue weighted by Gasteiger charge is 2.42. The van der Waals surface area contributed by atoms with Crippen LogP contribution in [0.5, 0.6) is 0 Å². The van der Waals surface area contributed by atoms with E-state index in [9.17, 15) is 27.2 Å². The quantitative estimate of drug-likeness (QED) is 0.0350. The fourth-order valence-electron chi connectivity index (χ4n) is 7.95. The van der Waals surface area contributed by atoms with E-state index >= 15 is 0 Å². The van der Waals surface area contributed by atoms with E-state index < -0.39 is 24.9 Å². The van der Waals surface area contributed by atoms with Crippen molar-refractivity contribution in [3.8, 4) is 0 Å². The first-order chi connectivity index (χ1) is 26.7. The lowest BCUT2D eigenvalue weighted by Crippen LogP contribution is -2.32. The summed E-state index contributed by atoms with van der Waals surface area (Å²) >= 11 is 0. The van der Waals surface area contributed by atoms with Crippen LogP contribution in [0.3, 0.4) is 0 Å². The van der Waals surface area contributed by atoms with Gasteiger partial charge in [-0.2, -0.15) is 8.78 Å². The Hall–Kier alpha value is -5.25. The third-order valence-corrected chi connectivity index (χ3v) is 10.7. The Morgan fingerprint density at radius 3 is 2.30 bits per heavy atom. The summed E-state index contributed by atoms with van der Waals surface area (Å²) in [5.74, 6) is -4.74. The zero-order valence-corrected chi connectivity index (χ0v) is 32.8. The number of unbranched alkanes of at least 4 members (excludes halogenated alkanes) is 1. The molecule has 6 nitrogen and oxygen atoms in total. The molecule has 0 fully saturated rings. The number of hydrogen-bond donors (Lipinski definition) is 0. The number of halogens is 4. The minimum Gasteiger partial charge on any atom is -0.491 e. The number of oxime groups is 1. The second kappa shape index (κ2) is 16.9. The first-order valence-electron chi connectivity index (χ1n) is 19.3. The van der Waals surface area contributed by atoms with Gasteiger partial charge in [-0.05, 0) is 74.2 Å². The van der Waals surface area contributed by atoms with Gasteiger partial charge in [0.15, 0.2) is 12.4 Å². The number of carbonyl (C=O) groups is 2. The second-order valence-electron chi connectivity index (χ2n) is 14.9. The van der Waals surface area contributed by atoms with Gasteiger partial charge in [-0.3, -0.25) is 4.79 Å². The molecule has 1 heterocycles. The van der Waals surface area contributed by atoms with Crippen molar-refractivity contribution in [3.05, 3.63) is 118 Å². The molecule has 0 aliphatic heterocycles. The van der Waals surface area contributed by atoms with E-state index in [1.807, 2.05) is 75.4 Å². The van der Waals surface area contributed by atoms with Gasteiger partial charge in [-0.25, -0.2) is 13.6 Å². The molecule has 0 saturated carbocycles. The zero-order valence-electron chi connectivity index (χ0n) is 32.8. The lowest BCUT2D eigenvalue weighted by Gasteiger charge is -2.22. The fraction of sp³-hybridized carbons (Fsp3) is 0.370. The van der Waals surface area contributed by atoms with Gasteiger partial charge in [-0.15, -0.1) is 0 Å².